The second-order valence-corrected chi connectivity index (χ2v) is 7.93. The number of aromatic nitrogens is 1. The lowest BCUT2D eigenvalue weighted by atomic mass is 10.1. The molecule has 0 saturated carbocycles. The molecule has 2 aromatic carbocycles. The first-order valence-electron chi connectivity index (χ1n) is 10.7. The number of benzene rings is 2. The molecule has 1 fully saturated rings. The number of ether oxygens (including phenoxy) is 2. The lowest BCUT2D eigenvalue weighted by molar-refractivity contribution is -1.02. The molecule has 0 spiro atoms. The molecule has 0 radical (unpaired) electrons. The van der Waals surface area contributed by atoms with Gasteiger partial charge in [-0.05, 0) is 35.9 Å². The van der Waals surface area contributed by atoms with Crippen LogP contribution in [0, 0.1) is 0 Å². The third-order valence-corrected chi connectivity index (χ3v) is 5.74. The zero-order valence-corrected chi connectivity index (χ0v) is 17.6. The molecule has 30 heavy (non-hydrogen) atoms. The lowest BCUT2D eigenvalue weighted by Crippen LogP contribution is -3.27. The summed E-state index contributed by atoms with van der Waals surface area (Å²) in [6.45, 7) is 7.29. The standard InChI is InChI=1S/C25H29N3O2/c1-29-24-11-10-22(17-25(24)30-20-21-7-3-2-4-8-21)18-27-13-15-28(16-14-27)19-23-9-5-6-12-26-23/h2-12,17H,13-16,18-20H2,1H3/p+2. The molecule has 2 N–H and O–H groups in total. The average molecular weight is 406 g/mol. The minimum Gasteiger partial charge on any atom is -0.493 e. The molecular weight excluding hydrogens is 374 g/mol. The average Bonchev–Trinajstić information content (AvgIpc) is 2.80. The van der Waals surface area contributed by atoms with Crippen molar-refractivity contribution >= 4 is 0 Å². The minimum absolute atomic E-state index is 0.545. The van der Waals surface area contributed by atoms with Crippen LogP contribution in [0.1, 0.15) is 16.8 Å². The van der Waals surface area contributed by atoms with Gasteiger partial charge in [0.05, 0.1) is 12.8 Å². The maximum Gasteiger partial charge on any atom is 0.162 e. The summed E-state index contributed by atoms with van der Waals surface area (Å²) in [6.07, 6.45) is 1.89. The van der Waals surface area contributed by atoms with Gasteiger partial charge in [0.1, 0.15) is 45.9 Å². The van der Waals surface area contributed by atoms with Crippen LogP contribution < -0.4 is 19.3 Å². The third-order valence-electron chi connectivity index (χ3n) is 5.74. The third kappa shape index (κ3) is 5.59. The van der Waals surface area contributed by atoms with Crippen molar-refractivity contribution in [2.75, 3.05) is 33.3 Å². The molecule has 1 aliphatic heterocycles. The highest BCUT2D eigenvalue weighted by molar-refractivity contribution is 5.43. The van der Waals surface area contributed by atoms with E-state index in [1.165, 1.54) is 37.4 Å². The normalized spacial score (nSPS) is 18.7. The Hall–Kier alpha value is -2.89. The first-order valence-corrected chi connectivity index (χ1v) is 10.7. The van der Waals surface area contributed by atoms with Gasteiger partial charge < -0.3 is 19.3 Å². The number of rotatable bonds is 8. The van der Waals surface area contributed by atoms with Crippen molar-refractivity contribution in [2.45, 2.75) is 19.7 Å². The fourth-order valence-corrected chi connectivity index (χ4v) is 4.04. The second-order valence-electron chi connectivity index (χ2n) is 7.93. The molecule has 0 atom stereocenters. The van der Waals surface area contributed by atoms with E-state index in [2.05, 4.69) is 41.4 Å². The van der Waals surface area contributed by atoms with E-state index in [0.717, 1.165) is 30.2 Å². The number of nitrogens with one attached hydrogen (secondary N) is 2. The second kappa shape index (κ2) is 10.2. The van der Waals surface area contributed by atoms with Gasteiger partial charge >= 0.3 is 0 Å². The molecule has 3 aromatic rings. The van der Waals surface area contributed by atoms with Crippen LogP contribution in [-0.4, -0.2) is 38.3 Å². The Kier molecular flexibility index (Phi) is 6.95. The molecular formula is C25H31N3O2+2. The van der Waals surface area contributed by atoms with Gasteiger partial charge in [-0.2, -0.15) is 0 Å². The highest BCUT2D eigenvalue weighted by Crippen LogP contribution is 2.28. The van der Waals surface area contributed by atoms with E-state index in [1.807, 2.05) is 36.5 Å². The molecule has 1 saturated heterocycles. The van der Waals surface area contributed by atoms with E-state index < -0.39 is 0 Å². The van der Waals surface area contributed by atoms with Crippen molar-refractivity contribution in [3.05, 3.63) is 89.7 Å². The Balaban J connectivity index is 1.32. The summed E-state index contributed by atoms with van der Waals surface area (Å²) in [5, 5.41) is 0. The molecule has 5 nitrogen and oxygen atoms in total. The first kappa shape index (κ1) is 20.4. The molecule has 0 amide bonds. The predicted molar refractivity (Wildman–Crippen MR) is 117 cm³/mol. The van der Waals surface area contributed by atoms with Gasteiger partial charge in [0.15, 0.2) is 11.5 Å². The summed E-state index contributed by atoms with van der Waals surface area (Å²) in [5.41, 5.74) is 3.64. The molecule has 0 aliphatic carbocycles. The fourth-order valence-electron chi connectivity index (χ4n) is 4.04. The molecule has 2 heterocycles. The van der Waals surface area contributed by atoms with E-state index in [0.29, 0.717) is 6.61 Å². The summed E-state index contributed by atoms with van der Waals surface area (Å²) < 4.78 is 11.6. The van der Waals surface area contributed by atoms with Gasteiger partial charge in [0.25, 0.3) is 0 Å². The summed E-state index contributed by atoms with van der Waals surface area (Å²) in [5.74, 6) is 1.60. The molecule has 1 aromatic heterocycles. The van der Waals surface area contributed by atoms with Crippen LogP contribution in [0.2, 0.25) is 0 Å². The molecule has 1 aliphatic rings. The van der Waals surface area contributed by atoms with Gasteiger partial charge in [-0.1, -0.05) is 36.4 Å². The van der Waals surface area contributed by atoms with E-state index in [-0.39, 0.29) is 0 Å². The smallest absolute Gasteiger partial charge is 0.162 e. The molecule has 5 heteroatoms. The van der Waals surface area contributed by atoms with Crippen LogP contribution >= 0.6 is 0 Å². The first-order chi connectivity index (χ1) is 14.8. The zero-order valence-electron chi connectivity index (χ0n) is 17.6. The van der Waals surface area contributed by atoms with Crippen LogP contribution in [0.5, 0.6) is 11.5 Å². The highest BCUT2D eigenvalue weighted by Gasteiger charge is 2.23. The van der Waals surface area contributed by atoms with Crippen LogP contribution in [0.4, 0.5) is 0 Å². The van der Waals surface area contributed by atoms with Crippen LogP contribution in [-0.2, 0) is 19.7 Å². The van der Waals surface area contributed by atoms with Crippen LogP contribution in [0.3, 0.4) is 0 Å². The van der Waals surface area contributed by atoms with Gasteiger partial charge in [-0.3, -0.25) is 4.98 Å². The minimum atomic E-state index is 0.545. The van der Waals surface area contributed by atoms with Gasteiger partial charge in [-0.15, -0.1) is 0 Å². The van der Waals surface area contributed by atoms with Crippen molar-refractivity contribution in [1.82, 2.24) is 4.98 Å². The molecule has 0 unspecified atom stereocenters. The van der Waals surface area contributed by atoms with E-state index in [9.17, 15) is 0 Å². The van der Waals surface area contributed by atoms with E-state index in [1.54, 1.807) is 16.9 Å². The van der Waals surface area contributed by atoms with Crippen molar-refractivity contribution in [3.8, 4) is 11.5 Å². The Bertz CT molecular complexity index is 910. The van der Waals surface area contributed by atoms with Crippen molar-refractivity contribution < 1.29 is 19.3 Å². The SMILES string of the molecule is COc1ccc(C[NH+]2CC[NH+](Cc3ccccn3)CC2)cc1OCc1ccccc1. The Morgan fingerprint density at radius 3 is 2.20 bits per heavy atom. The number of quaternary nitrogens is 2. The fraction of sp³-hybridized carbons (Fsp3) is 0.320. The van der Waals surface area contributed by atoms with Crippen molar-refractivity contribution in [1.29, 1.82) is 0 Å². The maximum absolute atomic E-state index is 6.08. The Morgan fingerprint density at radius 1 is 0.767 bits per heavy atom. The topological polar surface area (TPSA) is 40.2 Å². The monoisotopic (exact) mass is 405 g/mol. The largest absolute Gasteiger partial charge is 0.493 e. The number of piperazine rings is 1. The van der Waals surface area contributed by atoms with E-state index in [4.69, 9.17) is 9.47 Å². The number of hydrogen-bond donors (Lipinski definition) is 2. The zero-order chi connectivity index (χ0) is 20.6. The lowest BCUT2D eigenvalue weighted by Gasteiger charge is -2.29. The number of nitrogens with zero attached hydrogens (tertiary/aromatic N) is 1. The van der Waals surface area contributed by atoms with Gasteiger partial charge in [0, 0.05) is 11.8 Å². The van der Waals surface area contributed by atoms with Crippen molar-refractivity contribution in [2.24, 2.45) is 0 Å². The Morgan fingerprint density at radius 2 is 1.50 bits per heavy atom. The quantitative estimate of drug-likeness (QED) is 0.591. The summed E-state index contributed by atoms with van der Waals surface area (Å²) in [4.78, 5) is 7.72. The molecule has 4 rings (SSSR count). The number of hydrogen-bond acceptors (Lipinski definition) is 3. The van der Waals surface area contributed by atoms with Crippen LogP contribution in [0.15, 0.2) is 72.9 Å². The van der Waals surface area contributed by atoms with Crippen molar-refractivity contribution in [3.63, 3.8) is 0 Å². The molecule has 156 valence electrons. The summed E-state index contributed by atoms with van der Waals surface area (Å²) in [7, 11) is 1.69. The summed E-state index contributed by atoms with van der Waals surface area (Å²) in [6, 6.07) is 22.7. The molecule has 0 bridgehead atoms. The highest BCUT2D eigenvalue weighted by atomic mass is 16.5. The van der Waals surface area contributed by atoms with Crippen LogP contribution in [0.25, 0.3) is 0 Å². The van der Waals surface area contributed by atoms with Gasteiger partial charge in [0.2, 0.25) is 0 Å². The summed E-state index contributed by atoms with van der Waals surface area (Å²) >= 11 is 0. The maximum atomic E-state index is 6.08. The number of methoxy groups -OCH3 is 1. The number of pyridine rings is 1. The predicted octanol–water partition coefficient (Wildman–Crippen LogP) is 1.15. The van der Waals surface area contributed by atoms with Gasteiger partial charge in [-0.25, -0.2) is 0 Å². The van der Waals surface area contributed by atoms with E-state index >= 15 is 0 Å². The Labute approximate surface area is 178 Å².